The summed E-state index contributed by atoms with van der Waals surface area (Å²) in [5.74, 6) is 5.24. The fourth-order valence-corrected chi connectivity index (χ4v) is 4.94. The van der Waals surface area contributed by atoms with Crippen LogP contribution in [0.15, 0.2) is 46.9 Å². The van der Waals surface area contributed by atoms with Gasteiger partial charge < -0.3 is 14.7 Å². The molecular weight excluding hydrogens is 564 g/mol. The van der Waals surface area contributed by atoms with Crippen molar-refractivity contribution in [2.75, 3.05) is 25.0 Å². The van der Waals surface area contributed by atoms with Crippen LogP contribution < -0.4 is 10.2 Å². The van der Waals surface area contributed by atoms with Gasteiger partial charge in [0.1, 0.15) is 6.04 Å². The number of unbranched alkanes of at least 4 members (excludes halogenated alkanes) is 1. The van der Waals surface area contributed by atoms with Gasteiger partial charge >= 0.3 is 0 Å². The lowest BCUT2D eigenvalue weighted by Gasteiger charge is -2.29. The van der Waals surface area contributed by atoms with Gasteiger partial charge in [-0.1, -0.05) is 33.8 Å². The minimum atomic E-state index is -0.662. The Bertz CT molecular complexity index is 1350. The molecule has 1 atom stereocenters. The normalized spacial score (nSPS) is 16.2. The number of imide groups is 1. The zero-order valence-electron chi connectivity index (χ0n) is 21.6. The van der Waals surface area contributed by atoms with Crippen molar-refractivity contribution in [2.45, 2.75) is 44.7 Å². The van der Waals surface area contributed by atoms with E-state index in [-0.39, 0.29) is 37.1 Å². The number of hydrogen-bond acceptors (Lipinski definition) is 5. The fraction of sp³-hybridized carbons (Fsp3) is 0.345. The lowest BCUT2D eigenvalue weighted by Crippen LogP contribution is -2.52. The SMILES string of the molecule is CN(CCCC#Cc1cccc2c1CN(C1CCC(=O)NC1=O)C2=O)C(=O)CCN(C=O)c1ccc(Br)cc1. The van der Waals surface area contributed by atoms with Crippen molar-refractivity contribution >= 4 is 51.7 Å². The molecule has 1 saturated heterocycles. The van der Waals surface area contributed by atoms with E-state index in [1.165, 1.54) is 9.80 Å². The van der Waals surface area contributed by atoms with Gasteiger partial charge in [-0.15, -0.1) is 0 Å². The van der Waals surface area contributed by atoms with Gasteiger partial charge in [0.2, 0.25) is 24.1 Å². The highest BCUT2D eigenvalue weighted by atomic mass is 79.9. The van der Waals surface area contributed by atoms with Crippen LogP contribution in [0.2, 0.25) is 0 Å². The molecule has 1 fully saturated rings. The third-order valence-electron chi connectivity index (χ3n) is 6.88. The maximum Gasteiger partial charge on any atom is 0.255 e. The van der Waals surface area contributed by atoms with E-state index in [9.17, 15) is 24.0 Å². The van der Waals surface area contributed by atoms with Gasteiger partial charge in [0.15, 0.2) is 0 Å². The highest BCUT2D eigenvalue weighted by molar-refractivity contribution is 9.10. The Labute approximate surface area is 235 Å². The molecule has 4 rings (SSSR count). The van der Waals surface area contributed by atoms with Gasteiger partial charge in [-0.25, -0.2) is 0 Å². The van der Waals surface area contributed by atoms with Gasteiger partial charge in [0.05, 0.1) is 0 Å². The Morgan fingerprint density at radius 2 is 1.92 bits per heavy atom. The van der Waals surface area contributed by atoms with Crippen molar-refractivity contribution in [2.24, 2.45) is 0 Å². The summed E-state index contributed by atoms with van der Waals surface area (Å²) in [5, 5.41) is 2.31. The Hall–Kier alpha value is -3.97. The van der Waals surface area contributed by atoms with Gasteiger partial charge in [-0.05, 0) is 54.8 Å². The number of rotatable bonds is 9. The molecule has 202 valence electrons. The van der Waals surface area contributed by atoms with Gasteiger partial charge in [0, 0.05) is 67.2 Å². The molecule has 9 nitrogen and oxygen atoms in total. The third-order valence-corrected chi connectivity index (χ3v) is 7.41. The molecule has 2 aromatic rings. The quantitative estimate of drug-likeness (QED) is 0.208. The number of nitrogens with one attached hydrogen (secondary N) is 1. The number of nitrogens with zero attached hydrogens (tertiary/aromatic N) is 3. The van der Waals surface area contributed by atoms with Crippen LogP contribution in [-0.4, -0.2) is 66.0 Å². The van der Waals surface area contributed by atoms with E-state index >= 15 is 0 Å². The van der Waals surface area contributed by atoms with Crippen LogP contribution in [-0.2, 0) is 25.7 Å². The second-order valence-corrected chi connectivity index (χ2v) is 10.4. The zero-order chi connectivity index (χ0) is 27.9. The van der Waals surface area contributed by atoms with E-state index in [1.54, 1.807) is 24.1 Å². The van der Waals surface area contributed by atoms with Crippen molar-refractivity contribution in [3.63, 3.8) is 0 Å². The predicted octanol–water partition coefficient (Wildman–Crippen LogP) is 2.85. The van der Waals surface area contributed by atoms with Crippen LogP contribution in [0.5, 0.6) is 0 Å². The standard InChI is InChI=1S/C29H29BrN4O5/c1-32(27(37)15-17-33(19-35)22-11-9-21(30)10-12-22)16-4-2-3-6-20-7-5-8-23-24(20)18-34(29(23)39)25-13-14-26(36)31-28(25)38/h5,7-12,19,25H,2,4,13-18H2,1H3,(H,31,36,38). The van der Waals surface area contributed by atoms with Crippen LogP contribution in [0.3, 0.4) is 0 Å². The lowest BCUT2D eigenvalue weighted by atomic mass is 10.0. The van der Waals surface area contributed by atoms with Crippen LogP contribution in [0, 0.1) is 11.8 Å². The summed E-state index contributed by atoms with van der Waals surface area (Å²) in [5.41, 5.74) is 2.79. The molecule has 1 N–H and O–H groups in total. The monoisotopic (exact) mass is 592 g/mol. The number of hydrogen-bond donors (Lipinski definition) is 1. The summed E-state index contributed by atoms with van der Waals surface area (Å²) in [4.78, 5) is 65.4. The Kier molecular flexibility index (Phi) is 9.15. The van der Waals surface area contributed by atoms with Crippen LogP contribution in [0.25, 0.3) is 0 Å². The summed E-state index contributed by atoms with van der Waals surface area (Å²) in [6, 6.07) is 12.0. The fourth-order valence-electron chi connectivity index (χ4n) is 4.67. The molecule has 0 aliphatic carbocycles. The average molecular weight is 593 g/mol. The molecule has 5 amide bonds. The molecule has 0 saturated carbocycles. The molecule has 2 aromatic carbocycles. The number of piperidine rings is 1. The van der Waals surface area contributed by atoms with Gasteiger partial charge in [-0.3, -0.25) is 29.3 Å². The summed E-state index contributed by atoms with van der Waals surface area (Å²) in [6.07, 6.45) is 2.70. The van der Waals surface area contributed by atoms with E-state index in [4.69, 9.17) is 0 Å². The molecule has 2 aliphatic heterocycles. The first kappa shape index (κ1) is 28.0. The van der Waals surface area contributed by atoms with Crippen LogP contribution in [0.1, 0.15) is 53.6 Å². The number of benzene rings is 2. The summed E-state index contributed by atoms with van der Waals surface area (Å²) >= 11 is 3.37. The molecule has 39 heavy (non-hydrogen) atoms. The summed E-state index contributed by atoms with van der Waals surface area (Å²) in [7, 11) is 1.74. The molecule has 2 aliphatic rings. The highest BCUT2D eigenvalue weighted by Crippen LogP contribution is 2.29. The average Bonchev–Trinajstić information content (AvgIpc) is 3.26. The first-order chi connectivity index (χ1) is 18.8. The van der Waals surface area contributed by atoms with Gasteiger partial charge in [0.25, 0.3) is 5.91 Å². The second kappa shape index (κ2) is 12.7. The molecule has 0 radical (unpaired) electrons. The predicted molar refractivity (Wildman–Crippen MR) is 148 cm³/mol. The van der Waals surface area contributed by atoms with E-state index < -0.39 is 11.9 Å². The number of halogens is 1. The van der Waals surface area contributed by atoms with Crippen molar-refractivity contribution in [1.29, 1.82) is 0 Å². The van der Waals surface area contributed by atoms with E-state index in [1.807, 2.05) is 30.3 Å². The Morgan fingerprint density at radius 3 is 2.64 bits per heavy atom. The molecule has 1 unspecified atom stereocenters. The number of carbonyl (C=O) groups excluding carboxylic acids is 5. The summed E-state index contributed by atoms with van der Waals surface area (Å²) in [6.45, 7) is 1.10. The lowest BCUT2D eigenvalue weighted by molar-refractivity contribution is -0.137. The number of fused-ring (bicyclic) bond motifs is 1. The van der Waals surface area contributed by atoms with Crippen LogP contribution in [0.4, 0.5) is 5.69 Å². The van der Waals surface area contributed by atoms with E-state index in [0.29, 0.717) is 37.9 Å². The largest absolute Gasteiger partial charge is 0.346 e. The number of anilines is 1. The maximum atomic E-state index is 13.0. The smallest absolute Gasteiger partial charge is 0.255 e. The maximum absolute atomic E-state index is 13.0. The Morgan fingerprint density at radius 1 is 1.15 bits per heavy atom. The first-order valence-electron chi connectivity index (χ1n) is 12.8. The minimum Gasteiger partial charge on any atom is -0.346 e. The topological polar surface area (TPSA) is 107 Å². The molecule has 0 aromatic heterocycles. The molecule has 2 heterocycles. The second-order valence-electron chi connectivity index (χ2n) is 9.48. The zero-order valence-corrected chi connectivity index (χ0v) is 23.2. The molecule has 0 bridgehead atoms. The molecular formula is C29H29BrN4O5. The van der Waals surface area contributed by atoms with Crippen molar-refractivity contribution in [1.82, 2.24) is 15.1 Å². The third kappa shape index (κ3) is 6.73. The minimum absolute atomic E-state index is 0.0557. The number of carbonyl (C=O) groups is 5. The van der Waals surface area contributed by atoms with E-state index in [0.717, 1.165) is 27.7 Å². The van der Waals surface area contributed by atoms with E-state index in [2.05, 4.69) is 33.1 Å². The van der Waals surface area contributed by atoms with Crippen molar-refractivity contribution in [3.8, 4) is 11.8 Å². The number of amides is 5. The first-order valence-corrected chi connectivity index (χ1v) is 13.5. The van der Waals surface area contributed by atoms with Gasteiger partial charge in [-0.2, -0.15) is 0 Å². The molecule has 0 spiro atoms. The van der Waals surface area contributed by atoms with Crippen molar-refractivity contribution in [3.05, 3.63) is 63.6 Å². The Balaban J connectivity index is 1.26. The summed E-state index contributed by atoms with van der Waals surface area (Å²) < 4.78 is 0.912. The van der Waals surface area contributed by atoms with Crippen molar-refractivity contribution < 1.29 is 24.0 Å². The highest BCUT2D eigenvalue weighted by Gasteiger charge is 2.39. The molecule has 10 heteroatoms. The van der Waals surface area contributed by atoms with Crippen LogP contribution >= 0.6 is 15.9 Å².